The van der Waals surface area contributed by atoms with Gasteiger partial charge in [0.1, 0.15) is 5.82 Å². The molecular formula is C15H24FN3O. The Morgan fingerprint density at radius 1 is 1.35 bits per heavy atom. The van der Waals surface area contributed by atoms with Gasteiger partial charge < -0.3 is 16.2 Å². The molecular weight excluding hydrogens is 257 g/mol. The molecule has 4 N–H and O–H groups in total. The average molecular weight is 281 g/mol. The Morgan fingerprint density at radius 2 is 2.15 bits per heavy atom. The summed E-state index contributed by atoms with van der Waals surface area (Å²) in [5.41, 5.74) is 6.86. The summed E-state index contributed by atoms with van der Waals surface area (Å²) in [5, 5.41) is 12.1. The number of unbranched alkanes of at least 4 members (excludes halogenated alkanes) is 3. The van der Waals surface area contributed by atoms with Gasteiger partial charge in [-0.1, -0.05) is 32.3 Å². The van der Waals surface area contributed by atoms with Crippen LogP contribution in [-0.2, 0) is 13.2 Å². The van der Waals surface area contributed by atoms with E-state index in [9.17, 15) is 4.39 Å². The Labute approximate surface area is 119 Å². The van der Waals surface area contributed by atoms with Crippen LogP contribution >= 0.6 is 0 Å². The fraction of sp³-hybridized carbons (Fsp3) is 0.533. The molecule has 0 saturated carbocycles. The summed E-state index contributed by atoms with van der Waals surface area (Å²) in [6.07, 6.45) is 4.71. The molecule has 0 aliphatic heterocycles. The molecule has 0 aromatic heterocycles. The molecule has 0 aliphatic rings. The Balaban J connectivity index is 2.38. The largest absolute Gasteiger partial charge is 0.392 e. The van der Waals surface area contributed by atoms with Crippen molar-refractivity contribution >= 4 is 5.96 Å². The van der Waals surface area contributed by atoms with Gasteiger partial charge in [0.05, 0.1) is 13.2 Å². The molecule has 4 nitrogen and oxygen atoms in total. The van der Waals surface area contributed by atoms with E-state index < -0.39 is 5.82 Å². The van der Waals surface area contributed by atoms with Gasteiger partial charge in [-0.05, 0) is 24.1 Å². The number of benzene rings is 1. The Kier molecular flexibility index (Phi) is 7.65. The van der Waals surface area contributed by atoms with Gasteiger partial charge in [-0.3, -0.25) is 0 Å². The minimum absolute atomic E-state index is 0.281. The number of hydrogen-bond donors (Lipinski definition) is 3. The second-order valence-electron chi connectivity index (χ2n) is 4.77. The molecule has 0 fully saturated rings. The molecule has 20 heavy (non-hydrogen) atoms. The second kappa shape index (κ2) is 9.31. The van der Waals surface area contributed by atoms with Crippen molar-refractivity contribution in [3.05, 3.63) is 35.1 Å². The van der Waals surface area contributed by atoms with Gasteiger partial charge in [0.25, 0.3) is 0 Å². The minimum atomic E-state index is -0.401. The van der Waals surface area contributed by atoms with Crippen molar-refractivity contribution in [1.29, 1.82) is 0 Å². The fourth-order valence-electron chi connectivity index (χ4n) is 1.85. The summed E-state index contributed by atoms with van der Waals surface area (Å²) in [5.74, 6) is -0.00128. The van der Waals surface area contributed by atoms with Gasteiger partial charge in [0.15, 0.2) is 5.96 Å². The molecule has 0 spiro atoms. The highest BCUT2D eigenvalue weighted by molar-refractivity contribution is 5.77. The Morgan fingerprint density at radius 3 is 2.85 bits per heavy atom. The first kappa shape index (κ1) is 16.4. The molecule has 0 bridgehead atoms. The highest BCUT2D eigenvalue weighted by Gasteiger charge is 2.02. The molecule has 1 aromatic rings. The lowest BCUT2D eigenvalue weighted by molar-refractivity contribution is 0.275. The molecule has 0 atom stereocenters. The maximum atomic E-state index is 13.2. The summed E-state index contributed by atoms with van der Waals surface area (Å²) < 4.78 is 13.2. The minimum Gasteiger partial charge on any atom is -0.392 e. The topological polar surface area (TPSA) is 70.6 Å². The molecule has 112 valence electrons. The summed E-state index contributed by atoms with van der Waals surface area (Å²) in [6.45, 7) is 3.06. The summed E-state index contributed by atoms with van der Waals surface area (Å²) >= 11 is 0. The summed E-state index contributed by atoms with van der Waals surface area (Å²) in [4.78, 5) is 4.20. The number of nitrogens with two attached hydrogens (primary N) is 1. The third kappa shape index (κ3) is 6.02. The van der Waals surface area contributed by atoms with Crippen molar-refractivity contribution in [3.8, 4) is 0 Å². The second-order valence-corrected chi connectivity index (χ2v) is 4.77. The number of aliphatic hydroxyl groups excluding tert-OH is 1. The highest BCUT2D eigenvalue weighted by Crippen LogP contribution is 2.11. The standard InChI is InChI=1S/C15H24FN3O/c1-2-3-4-5-8-18-15(17)19-10-12-6-7-14(16)13(9-12)11-20/h6-7,9,20H,2-5,8,10-11H2,1H3,(H3,17,18,19). The number of guanidine groups is 1. The van der Waals surface area contributed by atoms with Crippen molar-refractivity contribution in [2.45, 2.75) is 45.8 Å². The fourth-order valence-corrected chi connectivity index (χ4v) is 1.85. The summed E-state index contributed by atoms with van der Waals surface area (Å²) in [7, 11) is 0. The average Bonchev–Trinajstić information content (AvgIpc) is 2.46. The lowest BCUT2D eigenvalue weighted by Crippen LogP contribution is -2.32. The zero-order valence-electron chi connectivity index (χ0n) is 12.0. The van der Waals surface area contributed by atoms with Gasteiger partial charge in [0.2, 0.25) is 0 Å². The number of halogens is 1. The van der Waals surface area contributed by atoms with Crippen LogP contribution in [0, 0.1) is 5.82 Å². The first-order valence-corrected chi connectivity index (χ1v) is 7.09. The van der Waals surface area contributed by atoms with E-state index in [1.54, 1.807) is 12.1 Å². The highest BCUT2D eigenvalue weighted by atomic mass is 19.1. The number of nitrogens with one attached hydrogen (secondary N) is 1. The predicted octanol–water partition coefficient (Wildman–Crippen LogP) is 2.30. The summed E-state index contributed by atoms with van der Waals surface area (Å²) in [6, 6.07) is 4.59. The van der Waals surface area contributed by atoms with Crippen LogP contribution in [0.2, 0.25) is 0 Å². The van der Waals surface area contributed by atoms with E-state index in [0.717, 1.165) is 18.5 Å². The third-order valence-electron chi connectivity index (χ3n) is 3.05. The molecule has 0 radical (unpaired) electrons. The number of nitrogens with zero attached hydrogens (tertiary/aromatic N) is 1. The molecule has 0 aliphatic carbocycles. The van der Waals surface area contributed by atoms with Crippen LogP contribution in [0.4, 0.5) is 4.39 Å². The van der Waals surface area contributed by atoms with E-state index in [0.29, 0.717) is 12.5 Å². The van der Waals surface area contributed by atoms with Crippen LogP contribution < -0.4 is 11.1 Å². The molecule has 1 aromatic carbocycles. The van der Waals surface area contributed by atoms with E-state index in [4.69, 9.17) is 10.8 Å². The van der Waals surface area contributed by atoms with Crippen LogP contribution in [0.5, 0.6) is 0 Å². The van der Waals surface area contributed by atoms with Crippen LogP contribution in [0.15, 0.2) is 23.2 Å². The van der Waals surface area contributed by atoms with Gasteiger partial charge in [0, 0.05) is 12.1 Å². The molecule has 0 amide bonds. The normalized spacial score (nSPS) is 11.7. The van der Waals surface area contributed by atoms with Crippen LogP contribution in [0.3, 0.4) is 0 Å². The van der Waals surface area contributed by atoms with Crippen molar-refractivity contribution in [2.75, 3.05) is 6.54 Å². The quantitative estimate of drug-likeness (QED) is 0.389. The lowest BCUT2D eigenvalue weighted by atomic mass is 10.1. The van der Waals surface area contributed by atoms with Crippen molar-refractivity contribution < 1.29 is 9.50 Å². The molecule has 5 heteroatoms. The molecule has 0 unspecified atom stereocenters. The monoisotopic (exact) mass is 281 g/mol. The third-order valence-corrected chi connectivity index (χ3v) is 3.05. The smallest absolute Gasteiger partial charge is 0.188 e. The van der Waals surface area contributed by atoms with E-state index in [-0.39, 0.29) is 12.2 Å². The van der Waals surface area contributed by atoms with Gasteiger partial charge in [-0.15, -0.1) is 0 Å². The SMILES string of the molecule is CCCCCCNC(N)=NCc1ccc(F)c(CO)c1. The Bertz CT molecular complexity index is 435. The predicted molar refractivity (Wildman–Crippen MR) is 79.8 cm³/mol. The number of aliphatic hydroxyl groups is 1. The van der Waals surface area contributed by atoms with E-state index in [1.807, 2.05) is 0 Å². The van der Waals surface area contributed by atoms with Gasteiger partial charge in [-0.25, -0.2) is 9.38 Å². The Hall–Kier alpha value is -1.62. The molecule has 0 heterocycles. The number of hydrogen-bond acceptors (Lipinski definition) is 2. The van der Waals surface area contributed by atoms with Crippen LogP contribution in [0.25, 0.3) is 0 Å². The van der Waals surface area contributed by atoms with Crippen molar-refractivity contribution in [2.24, 2.45) is 10.7 Å². The lowest BCUT2D eigenvalue weighted by Gasteiger charge is -2.06. The maximum absolute atomic E-state index is 13.2. The zero-order chi connectivity index (χ0) is 14.8. The number of aliphatic imine (C=N–C) groups is 1. The van der Waals surface area contributed by atoms with E-state index >= 15 is 0 Å². The maximum Gasteiger partial charge on any atom is 0.188 e. The van der Waals surface area contributed by atoms with E-state index in [1.165, 1.54) is 25.3 Å². The van der Waals surface area contributed by atoms with Crippen LogP contribution in [-0.4, -0.2) is 17.6 Å². The van der Waals surface area contributed by atoms with Crippen LogP contribution in [0.1, 0.15) is 43.7 Å². The first-order chi connectivity index (χ1) is 9.67. The van der Waals surface area contributed by atoms with E-state index in [2.05, 4.69) is 17.2 Å². The van der Waals surface area contributed by atoms with Crippen molar-refractivity contribution in [1.82, 2.24) is 5.32 Å². The first-order valence-electron chi connectivity index (χ1n) is 7.09. The van der Waals surface area contributed by atoms with Gasteiger partial charge >= 0.3 is 0 Å². The molecule has 1 rings (SSSR count). The van der Waals surface area contributed by atoms with Gasteiger partial charge in [-0.2, -0.15) is 0 Å². The zero-order valence-corrected chi connectivity index (χ0v) is 12.0. The number of rotatable bonds is 8. The molecule has 0 saturated heterocycles. The van der Waals surface area contributed by atoms with Crippen molar-refractivity contribution in [3.63, 3.8) is 0 Å².